The number of halogens is 1. The molecule has 0 saturated heterocycles. The maximum absolute atomic E-state index is 10.0. The smallest absolute Gasteiger partial charge is 0.235 e. The molecular formula is C11H12BrNO2. The third kappa shape index (κ3) is 2.91. The molecule has 1 aromatic rings. The van der Waals surface area contributed by atoms with Gasteiger partial charge in [0.05, 0.1) is 13.7 Å². The van der Waals surface area contributed by atoms with Crippen LogP contribution in [0.15, 0.2) is 21.6 Å². The highest BCUT2D eigenvalue weighted by Gasteiger charge is 2.07. The summed E-state index contributed by atoms with van der Waals surface area (Å²) in [7, 11) is 1.63. The molecular weight excluding hydrogens is 258 g/mol. The van der Waals surface area contributed by atoms with Gasteiger partial charge in [0.1, 0.15) is 5.75 Å². The van der Waals surface area contributed by atoms with Gasteiger partial charge in [0.25, 0.3) is 0 Å². The summed E-state index contributed by atoms with van der Waals surface area (Å²) >= 11 is 3.47. The van der Waals surface area contributed by atoms with E-state index in [1.807, 2.05) is 12.1 Å². The fraction of sp³-hybridized carbons (Fsp3) is 0.364. The predicted octanol–water partition coefficient (Wildman–Crippen LogP) is 2.86. The number of nitrogens with zero attached hydrogens (tertiary/aromatic N) is 1. The van der Waals surface area contributed by atoms with Gasteiger partial charge in [0.2, 0.25) is 6.08 Å². The Balaban J connectivity index is 3.12. The average Bonchev–Trinajstić information content (AvgIpc) is 2.25. The predicted molar refractivity (Wildman–Crippen MR) is 61.9 cm³/mol. The number of aliphatic imine (C=N–C) groups is 1. The van der Waals surface area contributed by atoms with Gasteiger partial charge in [-0.1, -0.05) is 22.9 Å². The monoisotopic (exact) mass is 269 g/mol. The van der Waals surface area contributed by atoms with Crippen molar-refractivity contribution in [3.63, 3.8) is 0 Å². The number of benzene rings is 1. The van der Waals surface area contributed by atoms with Gasteiger partial charge in [-0.05, 0) is 24.1 Å². The van der Waals surface area contributed by atoms with Crippen molar-refractivity contribution in [1.29, 1.82) is 0 Å². The molecule has 4 heteroatoms. The van der Waals surface area contributed by atoms with Gasteiger partial charge in [0, 0.05) is 10.0 Å². The van der Waals surface area contributed by atoms with Crippen LogP contribution in [0.4, 0.5) is 0 Å². The Morgan fingerprint density at radius 3 is 2.80 bits per heavy atom. The standard InChI is InChI=1S/C11H12BrNO2/c1-3-9-10(12)4-8(6-13-7-14)5-11(9)15-2/h4-5H,3,6H2,1-2H3. The van der Waals surface area contributed by atoms with E-state index in [1.54, 1.807) is 7.11 Å². The zero-order valence-corrected chi connectivity index (χ0v) is 10.3. The first-order chi connectivity index (χ1) is 7.22. The zero-order valence-electron chi connectivity index (χ0n) is 8.71. The number of isocyanates is 1. The first-order valence-corrected chi connectivity index (χ1v) is 5.41. The Morgan fingerprint density at radius 2 is 2.27 bits per heavy atom. The molecule has 0 aromatic heterocycles. The molecule has 3 nitrogen and oxygen atoms in total. The summed E-state index contributed by atoms with van der Waals surface area (Å²) in [5.74, 6) is 0.822. The lowest BCUT2D eigenvalue weighted by atomic mass is 10.1. The largest absolute Gasteiger partial charge is 0.496 e. The van der Waals surface area contributed by atoms with E-state index in [4.69, 9.17) is 4.74 Å². The van der Waals surface area contributed by atoms with E-state index in [0.717, 1.165) is 27.8 Å². The number of hydrogen-bond acceptors (Lipinski definition) is 3. The second-order valence-corrected chi connectivity index (χ2v) is 3.87. The molecule has 1 rings (SSSR count). The van der Waals surface area contributed by atoms with Crippen LogP contribution >= 0.6 is 15.9 Å². The second-order valence-electron chi connectivity index (χ2n) is 3.02. The summed E-state index contributed by atoms with van der Waals surface area (Å²) in [5, 5.41) is 0. The lowest BCUT2D eigenvalue weighted by Crippen LogP contribution is -1.94. The SMILES string of the molecule is CCc1c(Br)cc(CN=C=O)cc1OC. The van der Waals surface area contributed by atoms with Gasteiger partial charge in [-0.3, -0.25) is 0 Å². The van der Waals surface area contributed by atoms with Crippen LogP contribution in [0.25, 0.3) is 0 Å². The van der Waals surface area contributed by atoms with Crippen molar-refractivity contribution in [2.75, 3.05) is 7.11 Å². The van der Waals surface area contributed by atoms with Gasteiger partial charge >= 0.3 is 0 Å². The van der Waals surface area contributed by atoms with Gasteiger partial charge in [-0.25, -0.2) is 9.79 Å². The van der Waals surface area contributed by atoms with Crippen LogP contribution < -0.4 is 4.74 Å². The van der Waals surface area contributed by atoms with E-state index >= 15 is 0 Å². The third-order valence-electron chi connectivity index (χ3n) is 2.11. The molecule has 0 N–H and O–H groups in total. The van der Waals surface area contributed by atoms with Gasteiger partial charge in [-0.15, -0.1) is 0 Å². The molecule has 15 heavy (non-hydrogen) atoms. The minimum Gasteiger partial charge on any atom is -0.496 e. The van der Waals surface area contributed by atoms with E-state index in [1.165, 1.54) is 6.08 Å². The molecule has 0 saturated carbocycles. The van der Waals surface area contributed by atoms with E-state index in [2.05, 4.69) is 27.8 Å². The summed E-state index contributed by atoms with van der Waals surface area (Å²) in [4.78, 5) is 13.5. The first-order valence-electron chi connectivity index (χ1n) is 4.61. The lowest BCUT2D eigenvalue weighted by Gasteiger charge is -2.10. The quantitative estimate of drug-likeness (QED) is 0.623. The molecule has 0 aliphatic rings. The van der Waals surface area contributed by atoms with E-state index < -0.39 is 0 Å². The number of methoxy groups -OCH3 is 1. The maximum atomic E-state index is 10.0. The molecule has 0 aliphatic carbocycles. The van der Waals surface area contributed by atoms with Crippen LogP contribution in [0.5, 0.6) is 5.75 Å². The van der Waals surface area contributed by atoms with E-state index in [-0.39, 0.29) is 0 Å². The summed E-state index contributed by atoms with van der Waals surface area (Å²) in [6.45, 7) is 2.40. The van der Waals surface area contributed by atoms with Crippen LogP contribution in [0.3, 0.4) is 0 Å². The summed E-state index contributed by atoms with van der Waals surface area (Å²) in [6, 6.07) is 3.84. The highest BCUT2D eigenvalue weighted by Crippen LogP contribution is 2.29. The van der Waals surface area contributed by atoms with Crippen molar-refractivity contribution >= 4 is 22.0 Å². The molecule has 0 radical (unpaired) electrons. The fourth-order valence-electron chi connectivity index (χ4n) is 1.40. The number of hydrogen-bond donors (Lipinski definition) is 0. The van der Waals surface area contributed by atoms with Crippen LogP contribution in [-0.4, -0.2) is 13.2 Å². The highest BCUT2D eigenvalue weighted by molar-refractivity contribution is 9.10. The molecule has 0 atom stereocenters. The third-order valence-corrected chi connectivity index (χ3v) is 2.82. The van der Waals surface area contributed by atoms with E-state index in [0.29, 0.717) is 6.54 Å². The van der Waals surface area contributed by atoms with Crippen molar-refractivity contribution in [1.82, 2.24) is 0 Å². The number of rotatable bonds is 4. The fourth-order valence-corrected chi connectivity index (χ4v) is 2.17. The highest BCUT2D eigenvalue weighted by atomic mass is 79.9. The van der Waals surface area contributed by atoms with Gasteiger partial charge < -0.3 is 4.74 Å². The molecule has 0 amide bonds. The summed E-state index contributed by atoms with van der Waals surface area (Å²) in [5.41, 5.74) is 2.05. The van der Waals surface area contributed by atoms with Crippen molar-refractivity contribution < 1.29 is 9.53 Å². The Labute approximate surface area is 97.3 Å². The summed E-state index contributed by atoms with van der Waals surface area (Å²) in [6.07, 6.45) is 2.41. The average molecular weight is 270 g/mol. The van der Waals surface area contributed by atoms with Crippen molar-refractivity contribution in [3.8, 4) is 5.75 Å². The number of carbonyl (C=O) groups excluding carboxylic acids is 1. The second kappa shape index (κ2) is 5.69. The molecule has 0 spiro atoms. The molecule has 0 fully saturated rings. The van der Waals surface area contributed by atoms with Gasteiger partial charge in [0.15, 0.2) is 0 Å². The van der Waals surface area contributed by atoms with Crippen LogP contribution in [0.1, 0.15) is 18.1 Å². The van der Waals surface area contributed by atoms with Crippen molar-refractivity contribution in [3.05, 3.63) is 27.7 Å². The molecule has 0 unspecified atom stereocenters. The maximum Gasteiger partial charge on any atom is 0.235 e. The normalized spacial score (nSPS) is 9.53. The zero-order chi connectivity index (χ0) is 11.3. The van der Waals surface area contributed by atoms with Crippen LogP contribution in [-0.2, 0) is 17.8 Å². The lowest BCUT2D eigenvalue weighted by molar-refractivity contribution is 0.409. The Bertz CT molecular complexity index is 398. The molecule has 0 aliphatic heterocycles. The molecule has 80 valence electrons. The minimum absolute atomic E-state index is 0.336. The van der Waals surface area contributed by atoms with Crippen molar-refractivity contribution in [2.24, 2.45) is 4.99 Å². The van der Waals surface area contributed by atoms with Crippen molar-refractivity contribution in [2.45, 2.75) is 19.9 Å². The van der Waals surface area contributed by atoms with Crippen LogP contribution in [0.2, 0.25) is 0 Å². The Morgan fingerprint density at radius 1 is 1.53 bits per heavy atom. The topological polar surface area (TPSA) is 38.7 Å². The number of ether oxygens (including phenoxy) is 1. The van der Waals surface area contributed by atoms with Gasteiger partial charge in [-0.2, -0.15) is 0 Å². The first kappa shape index (κ1) is 12.0. The van der Waals surface area contributed by atoms with Crippen LogP contribution in [0, 0.1) is 0 Å². The Hall–Kier alpha value is -1.12. The van der Waals surface area contributed by atoms with E-state index in [9.17, 15) is 4.79 Å². The molecule has 0 bridgehead atoms. The molecule has 0 heterocycles. The minimum atomic E-state index is 0.336. The Kier molecular flexibility index (Phi) is 4.53. The summed E-state index contributed by atoms with van der Waals surface area (Å²) < 4.78 is 6.25. The molecule has 1 aromatic carbocycles.